The predicted molar refractivity (Wildman–Crippen MR) is 67.6 cm³/mol. The second kappa shape index (κ2) is 4.63. The van der Waals surface area contributed by atoms with Crippen molar-refractivity contribution in [2.75, 3.05) is 11.5 Å². The van der Waals surface area contributed by atoms with Crippen LogP contribution in [-0.4, -0.2) is 15.7 Å². The van der Waals surface area contributed by atoms with E-state index in [0.29, 0.717) is 11.4 Å². The van der Waals surface area contributed by atoms with Gasteiger partial charge in [-0.15, -0.1) is 0 Å². The van der Waals surface area contributed by atoms with Gasteiger partial charge in [0.05, 0.1) is 11.4 Å². The quantitative estimate of drug-likeness (QED) is 0.435. The fraction of sp³-hybridized carbons (Fsp3) is 0. The normalized spacial score (nSPS) is 9.65. The summed E-state index contributed by atoms with van der Waals surface area (Å²) >= 11 is 0. The summed E-state index contributed by atoms with van der Waals surface area (Å²) in [5.74, 6) is 0.0441. The summed E-state index contributed by atoms with van der Waals surface area (Å²) < 4.78 is 0. The molecule has 0 aliphatic rings. The van der Waals surface area contributed by atoms with Gasteiger partial charge < -0.3 is 27.2 Å². The largest absolute Gasteiger partial charge is 0.506 e. The Labute approximate surface area is 98.2 Å². The molecule has 5 nitrogen and oxygen atoms in total. The number of benzene rings is 2. The first-order valence-corrected chi connectivity index (χ1v) is 4.75. The van der Waals surface area contributed by atoms with E-state index in [1.807, 2.05) is 0 Å². The van der Waals surface area contributed by atoms with Gasteiger partial charge in [-0.1, -0.05) is 12.1 Å². The van der Waals surface area contributed by atoms with Crippen LogP contribution in [0.25, 0.3) is 11.1 Å². The van der Waals surface area contributed by atoms with Crippen molar-refractivity contribution in [3.05, 3.63) is 36.4 Å². The first-order chi connectivity index (χ1) is 7.58. The van der Waals surface area contributed by atoms with Crippen LogP contribution >= 0.6 is 0 Å². The third-order valence-electron chi connectivity index (χ3n) is 2.39. The smallest absolute Gasteiger partial charge is 0.139 e. The summed E-state index contributed by atoms with van der Waals surface area (Å²) in [7, 11) is 0. The molecule has 0 atom stereocenters. The molecule has 0 heterocycles. The Morgan fingerprint density at radius 2 is 1.06 bits per heavy atom. The van der Waals surface area contributed by atoms with Crippen molar-refractivity contribution in [3.63, 3.8) is 0 Å². The van der Waals surface area contributed by atoms with Crippen LogP contribution in [0.3, 0.4) is 0 Å². The maximum absolute atomic E-state index is 9.47. The van der Waals surface area contributed by atoms with E-state index in [2.05, 4.69) is 0 Å². The molecule has 0 unspecified atom stereocenters. The SMILES string of the molecule is Nc1ccc(-c2ccc(N)c(O)c2)cc1O.O. The van der Waals surface area contributed by atoms with E-state index in [4.69, 9.17) is 11.5 Å². The van der Waals surface area contributed by atoms with Crippen molar-refractivity contribution in [1.29, 1.82) is 0 Å². The molecule has 2 rings (SSSR count). The highest BCUT2D eigenvalue weighted by molar-refractivity contribution is 5.73. The third-order valence-corrected chi connectivity index (χ3v) is 2.39. The summed E-state index contributed by atoms with van der Waals surface area (Å²) in [6, 6.07) is 9.83. The lowest BCUT2D eigenvalue weighted by Gasteiger charge is -2.06. The van der Waals surface area contributed by atoms with Gasteiger partial charge in [-0.3, -0.25) is 0 Å². The van der Waals surface area contributed by atoms with E-state index < -0.39 is 0 Å². The van der Waals surface area contributed by atoms with E-state index in [1.54, 1.807) is 36.4 Å². The maximum atomic E-state index is 9.47. The first-order valence-electron chi connectivity index (χ1n) is 4.75. The molecule has 0 aliphatic heterocycles. The van der Waals surface area contributed by atoms with E-state index in [1.165, 1.54) is 0 Å². The standard InChI is InChI=1S/C12H12N2O2.H2O/c13-9-3-1-7(5-11(9)15)8-2-4-10(14)12(16)6-8;/h1-6,15-16H,13-14H2;1H2. The molecule has 0 aromatic heterocycles. The minimum absolute atomic E-state index is 0. The summed E-state index contributed by atoms with van der Waals surface area (Å²) in [4.78, 5) is 0. The number of nitrogen functional groups attached to an aromatic ring is 2. The highest BCUT2D eigenvalue weighted by Crippen LogP contribution is 2.31. The number of anilines is 2. The van der Waals surface area contributed by atoms with Crippen molar-refractivity contribution in [2.24, 2.45) is 0 Å². The van der Waals surface area contributed by atoms with Gasteiger partial charge in [-0.25, -0.2) is 0 Å². The predicted octanol–water partition coefficient (Wildman–Crippen LogP) is 1.10. The first kappa shape index (κ1) is 12.7. The van der Waals surface area contributed by atoms with E-state index in [9.17, 15) is 10.2 Å². The Morgan fingerprint density at radius 3 is 1.35 bits per heavy atom. The Kier molecular flexibility index (Phi) is 3.45. The fourth-order valence-electron chi connectivity index (χ4n) is 1.45. The number of rotatable bonds is 1. The van der Waals surface area contributed by atoms with Crippen LogP contribution in [0.5, 0.6) is 11.5 Å². The van der Waals surface area contributed by atoms with Crippen molar-refractivity contribution < 1.29 is 15.7 Å². The number of hydrogen-bond donors (Lipinski definition) is 4. The van der Waals surface area contributed by atoms with Crippen LogP contribution in [-0.2, 0) is 0 Å². The molecule has 0 saturated carbocycles. The lowest BCUT2D eigenvalue weighted by Crippen LogP contribution is -1.88. The average molecular weight is 234 g/mol. The van der Waals surface area contributed by atoms with Gasteiger partial charge in [0.25, 0.3) is 0 Å². The van der Waals surface area contributed by atoms with Crippen molar-refractivity contribution in [1.82, 2.24) is 0 Å². The van der Waals surface area contributed by atoms with Gasteiger partial charge in [0, 0.05) is 0 Å². The van der Waals surface area contributed by atoms with Gasteiger partial charge in [-0.2, -0.15) is 0 Å². The molecule has 0 saturated heterocycles. The molecule has 90 valence electrons. The molecule has 0 radical (unpaired) electrons. The monoisotopic (exact) mass is 234 g/mol. The fourth-order valence-corrected chi connectivity index (χ4v) is 1.45. The topological polar surface area (TPSA) is 124 Å². The van der Waals surface area contributed by atoms with Crippen molar-refractivity contribution in [3.8, 4) is 22.6 Å². The van der Waals surface area contributed by atoms with Crippen molar-refractivity contribution in [2.45, 2.75) is 0 Å². The molecular formula is C12H14N2O3. The molecule has 2 aromatic carbocycles. The Morgan fingerprint density at radius 1 is 0.706 bits per heavy atom. The summed E-state index contributed by atoms with van der Waals surface area (Å²) in [6.45, 7) is 0. The van der Waals surface area contributed by atoms with Crippen LogP contribution in [0.2, 0.25) is 0 Å². The van der Waals surface area contributed by atoms with E-state index in [0.717, 1.165) is 11.1 Å². The number of hydrogen-bond acceptors (Lipinski definition) is 4. The zero-order valence-electron chi connectivity index (χ0n) is 9.01. The van der Waals surface area contributed by atoms with Gasteiger partial charge >= 0.3 is 0 Å². The third kappa shape index (κ3) is 2.40. The van der Waals surface area contributed by atoms with Crippen LogP contribution in [0.1, 0.15) is 0 Å². The average Bonchev–Trinajstić information content (AvgIpc) is 2.26. The van der Waals surface area contributed by atoms with Crippen LogP contribution in [0.15, 0.2) is 36.4 Å². The molecule has 0 amide bonds. The second-order valence-electron chi connectivity index (χ2n) is 3.55. The van der Waals surface area contributed by atoms with Gasteiger partial charge in [0.15, 0.2) is 0 Å². The zero-order valence-corrected chi connectivity index (χ0v) is 9.01. The van der Waals surface area contributed by atoms with E-state index >= 15 is 0 Å². The van der Waals surface area contributed by atoms with Crippen LogP contribution in [0.4, 0.5) is 11.4 Å². The lowest BCUT2D eigenvalue weighted by atomic mass is 10.0. The molecule has 8 N–H and O–H groups in total. The Balaban J connectivity index is 0.00000144. The zero-order chi connectivity index (χ0) is 11.7. The minimum atomic E-state index is 0. The second-order valence-corrected chi connectivity index (χ2v) is 3.55. The molecule has 2 aromatic rings. The Hall–Kier alpha value is -2.40. The highest BCUT2D eigenvalue weighted by Gasteiger charge is 2.04. The van der Waals surface area contributed by atoms with Crippen LogP contribution in [0, 0.1) is 0 Å². The number of phenolic OH excluding ortho intramolecular Hbond substituents is 2. The number of aromatic hydroxyl groups is 2. The molecule has 0 fully saturated rings. The van der Waals surface area contributed by atoms with Crippen molar-refractivity contribution >= 4 is 11.4 Å². The Bertz CT molecular complexity index is 492. The lowest BCUT2D eigenvalue weighted by molar-refractivity contribution is 0.477. The summed E-state index contributed by atoms with van der Waals surface area (Å²) in [5.41, 5.74) is 13.2. The molecule has 5 heteroatoms. The van der Waals surface area contributed by atoms with Gasteiger partial charge in [0.2, 0.25) is 0 Å². The highest BCUT2D eigenvalue weighted by atomic mass is 16.3. The number of phenols is 2. The molecule has 0 aliphatic carbocycles. The van der Waals surface area contributed by atoms with E-state index in [-0.39, 0.29) is 17.0 Å². The molecular weight excluding hydrogens is 220 g/mol. The summed E-state index contributed by atoms with van der Waals surface area (Å²) in [5, 5.41) is 18.9. The molecule has 17 heavy (non-hydrogen) atoms. The minimum Gasteiger partial charge on any atom is -0.506 e. The maximum Gasteiger partial charge on any atom is 0.139 e. The summed E-state index contributed by atoms with van der Waals surface area (Å²) in [6.07, 6.45) is 0. The van der Waals surface area contributed by atoms with Crippen LogP contribution < -0.4 is 11.5 Å². The molecule has 0 bridgehead atoms. The van der Waals surface area contributed by atoms with Gasteiger partial charge in [0.1, 0.15) is 11.5 Å². The number of nitrogens with two attached hydrogens (primary N) is 2. The molecule has 0 spiro atoms. The van der Waals surface area contributed by atoms with Gasteiger partial charge in [-0.05, 0) is 35.4 Å².